The normalized spacial score (nSPS) is 31.8. The van der Waals surface area contributed by atoms with Crippen molar-refractivity contribution >= 4 is 17.3 Å². The second-order valence-corrected chi connectivity index (χ2v) is 4.98. The van der Waals surface area contributed by atoms with Gasteiger partial charge in [-0.3, -0.25) is 0 Å². The predicted molar refractivity (Wildman–Crippen MR) is 64.9 cm³/mol. The fourth-order valence-electron chi connectivity index (χ4n) is 2.39. The lowest BCUT2D eigenvalue weighted by Gasteiger charge is -2.21. The van der Waals surface area contributed by atoms with Gasteiger partial charge in [-0.2, -0.15) is 0 Å². The van der Waals surface area contributed by atoms with Crippen LogP contribution in [-0.4, -0.2) is 29.9 Å². The highest BCUT2D eigenvalue weighted by Crippen LogP contribution is 2.18. The average molecular weight is 228 g/mol. The van der Waals surface area contributed by atoms with E-state index in [9.17, 15) is 0 Å². The Morgan fingerprint density at radius 1 is 1.20 bits per heavy atom. The molecule has 0 amide bonds. The van der Waals surface area contributed by atoms with Crippen LogP contribution in [0.5, 0.6) is 0 Å². The molecule has 2 N–H and O–H groups in total. The van der Waals surface area contributed by atoms with Crippen molar-refractivity contribution in [2.45, 2.75) is 57.2 Å². The monoisotopic (exact) mass is 228 g/mol. The predicted octanol–water partition coefficient (Wildman–Crippen LogP) is 1.57. The summed E-state index contributed by atoms with van der Waals surface area (Å²) in [5.41, 5.74) is 0. The van der Waals surface area contributed by atoms with Crippen LogP contribution in [0.1, 0.15) is 39.0 Å². The molecule has 0 aromatic carbocycles. The smallest absolute Gasteiger partial charge is 0.166 e. The molecule has 1 heterocycles. The van der Waals surface area contributed by atoms with E-state index in [-0.39, 0.29) is 6.10 Å². The molecular weight excluding hydrogens is 208 g/mol. The summed E-state index contributed by atoms with van der Waals surface area (Å²) < 4.78 is 5.49. The van der Waals surface area contributed by atoms with Gasteiger partial charge in [0.15, 0.2) is 5.11 Å². The van der Waals surface area contributed by atoms with Crippen molar-refractivity contribution in [1.29, 1.82) is 0 Å². The molecule has 86 valence electrons. The van der Waals surface area contributed by atoms with E-state index < -0.39 is 0 Å². The first-order valence-electron chi connectivity index (χ1n) is 5.94. The van der Waals surface area contributed by atoms with Crippen LogP contribution in [-0.2, 0) is 4.74 Å². The van der Waals surface area contributed by atoms with E-state index >= 15 is 0 Å². The van der Waals surface area contributed by atoms with E-state index in [1.807, 2.05) is 0 Å². The summed E-state index contributed by atoms with van der Waals surface area (Å²) in [6.07, 6.45) is 6.55. The second kappa shape index (κ2) is 5.12. The van der Waals surface area contributed by atoms with Crippen LogP contribution < -0.4 is 10.6 Å². The molecule has 3 nitrogen and oxygen atoms in total. The lowest BCUT2D eigenvalue weighted by atomic mass is 10.2. The zero-order chi connectivity index (χ0) is 10.7. The molecule has 15 heavy (non-hydrogen) atoms. The number of nitrogens with one attached hydrogen (secondary N) is 2. The third-order valence-corrected chi connectivity index (χ3v) is 3.62. The van der Waals surface area contributed by atoms with Gasteiger partial charge >= 0.3 is 0 Å². The van der Waals surface area contributed by atoms with Crippen molar-refractivity contribution in [2.75, 3.05) is 6.61 Å². The Morgan fingerprint density at radius 2 is 1.93 bits per heavy atom. The molecular formula is C11H20N2OS. The van der Waals surface area contributed by atoms with Crippen LogP contribution in [0.15, 0.2) is 0 Å². The summed E-state index contributed by atoms with van der Waals surface area (Å²) >= 11 is 5.30. The quantitative estimate of drug-likeness (QED) is 0.703. The van der Waals surface area contributed by atoms with Gasteiger partial charge in [-0.25, -0.2) is 0 Å². The Kier molecular flexibility index (Phi) is 3.81. The largest absolute Gasteiger partial charge is 0.376 e. The molecule has 1 saturated carbocycles. The van der Waals surface area contributed by atoms with Gasteiger partial charge in [-0.15, -0.1) is 0 Å². The fraction of sp³-hybridized carbons (Fsp3) is 0.909. The molecule has 1 saturated heterocycles. The van der Waals surface area contributed by atoms with Gasteiger partial charge in [0, 0.05) is 12.6 Å². The zero-order valence-electron chi connectivity index (χ0n) is 9.29. The molecule has 2 unspecified atom stereocenters. The van der Waals surface area contributed by atoms with Crippen molar-refractivity contribution < 1.29 is 4.74 Å². The molecule has 2 rings (SSSR count). The Bertz CT molecular complexity index is 229. The summed E-state index contributed by atoms with van der Waals surface area (Å²) in [5.74, 6) is 0. The minimum Gasteiger partial charge on any atom is -0.376 e. The van der Waals surface area contributed by atoms with E-state index in [1.165, 1.54) is 25.7 Å². The van der Waals surface area contributed by atoms with Gasteiger partial charge in [-0.05, 0) is 38.4 Å². The lowest BCUT2D eigenvalue weighted by Crippen LogP contribution is -2.47. The number of ether oxygens (including phenoxy) is 1. The second-order valence-electron chi connectivity index (χ2n) is 4.57. The first kappa shape index (κ1) is 11.1. The Hall–Kier alpha value is -0.350. The minimum atomic E-state index is 0.285. The molecule has 0 aromatic heterocycles. The topological polar surface area (TPSA) is 33.3 Å². The molecule has 2 atom stereocenters. The standard InChI is InChI=1S/C11H20N2OS/c1-8-10(6-7-14-8)13-11(15)12-9-4-2-3-5-9/h8-10H,2-7H2,1H3,(H2,12,13,15). The van der Waals surface area contributed by atoms with Crippen LogP contribution in [0.3, 0.4) is 0 Å². The highest BCUT2D eigenvalue weighted by molar-refractivity contribution is 7.80. The molecule has 4 heteroatoms. The molecule has 1 aliphatic heterocycles. The van der Waals surface area contributed by atoms with Gasteiger partial charge < -0.3 is 15.4 Å². The Morgan fingerprint density at radius 3 is 2.53 bits per heavy atom. The van der Waals surface area contributed by atoms with Crippen LogP contribution in [0, 0.1) is 0 Å². The third-order valence-electron chi connectivity index (χ3n) is 3.38. The van der Waals surface area contributed by atoms with E-state index in [0.717, 1.165) is 18.1 Å². The summed E-state index contributed by atoms with van der Waals surface area (Å²) in [5, 5.41) is 7.55. The Labute approximate surface area is 96.9 Å². The maximum atomic E-state index is 5.49. The molecule has 2 fully saturated rings. The van der Waals surface area contributed by atoms with Gasteiger partial charge in [0.2, 0.25) is 0 Å². The average Bonchev–Trinajstić information content (AvgIpc) is 2.79. The van der Waals surface area contributed by atoms with E-state index in [1.54, 1.807) is 0 Å². The number of rotatable bonds is 2. The van der Waals surface area contributed by atoms with Crippen molar-refractivity contribution in [2.24, 2.45) is 0 Å². The van der Waals surface area contributed by atoms with E-state index in [4.69, 9.17) is 17.0 Å². The van der Waals surface area contributed by atoms with Crippen LogP contribution in [0.2, 0.25) is 0 Å². The molecule has 0 radical (unpaired) electrons. The van der Waals surface area contributed by atoms with Crippen molar-refractivity contribution in [3.63, 3.8) is 0 Å². The summed E-state index contributed by atoms with van der Waals surface area (Å²) in [4.78, 5) is 0. The highest BCUT2D eigenvalue weighted by Gasteiger charge is 2.25. The fourth-order valence-corrected chi connectivity index (χ4v) is 2.70. The van der Waals surface area contributed by atoms with Crippen LogP contribution >= 0.6 is 12.2 Å². The van der Waals surface area contributed by atoms with E-state index in [2.05, 4.69) is 17.6 Å². The maximum Gasteiger partial charge on any atom is 0.166 e. The summed E-state index contributed by atoms with van der Waals surface area (Å²) in [6, 6.07) is 0.994. The number of thiocarbonyl (C=S) groups is 1. The first-order valence-corrected chi connectivity index (χ1v) is 6.35. The first-order chi connectivity index (χ1) is 7.25. The lowest BCUT2D eigenvalue weighted by molar-refractivity contribution is 0.116. The summed E-state index contributed by atoms with van der Waals surface area (Å²) in [7, 11) is 0. The van der Waals surface area contributed by atoms with Gasteiger partial charge in [0.1, 0.15) is 0 Å². The Balaban J connectivity index is 1.71. The van der Waals surface area contributed by atoms with Crippen LogP contribution in [0.4, 0.5) is 0 Å². The third kappa shape index (κ3) is 3.05. The van der Waals surface area contributed by atoms with Crippen LogP contribution in [0.25, 0.3) is 0 Å². The van der Waals surface area contributed by atoms with Crippen molar-refractivity contribution in [3.05, 3.63) is 0 Å². The SMILES string of the molecule is CC1OCCC1NC(=S)NC1CCCC1. The van der Waals surface area contributed by atoms with Crippen molar-refractivity contribution in [1.82, 2.24) is 10.6 Å². The molecule has 1 aliphatic carbocycles. The molecule has 0 spiro atoms. The molecule has 0 bridgehead atoms. The highest BCUT2D eigenvalue weighted by atomic mass is 32.1. The minimum absolute atomic E-state index is 0.285. The zero-order valence-corrected chi connectivity index (χ0v) is 10.1. The number of hydrogen-bond acceptors (Lipinski definition) is 2. The van der Waals surface area contributed by atoms with E-state index in [0.29, 0.717) is 12.1 Å². The molecule has 2 aliphatic rings. The maximum absolute atomic E-state index is 5.49. The number of hydrogen-bond donors (Lipinski definition) is 2. The summed E-state index contributed by atoms with van der Waals surface area (Å²) in [6.45, 7) is 2.95. The van der Waals surface area contributed by atoms with Gasteiger partial charge in [0.05, 0.1) is 12.1 Å². The van der Waals surface area contributed by atoms with Gasteiger partial charge in [-0.1, -0.05) is 12.8 Å². The van der Waals surface area contributed by atoms with Gasteiger partial charge in [0.25, 0.3) is 0 Å². The molecule has 0 aromatic rings. The van der Waals surface area contributed by atoms with Crippen molar-refractivity contribution in [3.8, 4) is 0 Å².